The number of nitrogens with one attached hydrogen (secondary N) is 1. The number of benzene rings is 2. The molecule has 1 fully saturated rings. The second kappa shape index (κ2) is 7.10. The minimum absolute atomic E-state index is 0.0311. The minimum Gasteiger partial charge on any atom is -0.475 e. The van der Waals surface area contributed by atoms with Crippen molar-refractivity contribution in [2.75, 3.05) is 6.54 Å². The van der Waals surface area contributed by atoms with Crippen LogP contribution < -0.4 is 10.1 Å². The first-order chi connectivity index (χ1) is 11.1. The maximum absolute atomic E-state index is 13.9. The summed E-state index contributed by atoms with van der Waals surface area (Å²) in [5.74, 6) is -0.796. The first kappa shape index (κ1) is 16.0. The van der Waals surface area contributed by atoms with E-state index in [1.54, 1.807) is 6.07 Å². The lowest BCUT2D eigenvalue weighted by Gasteiger charge is -2.19. The third-order valence-corrected chi connectivity index (χ3v) is 4.02. The summed E-state index contributed by atoms with van der Waals surface area (Å²) >= 11 is 3.18. The lowest BCUT2D eigenvalue weighted by molar-refractivity contribution is -0.128. The molecule has 1 aliphatic heterocycles. The Morgan fingerprint density at radius 2 is 2.00 bits per heavy atom. The monoisotopic (exact) mass is 379 g/mol. The van der Waals surface area contributed by atoms with Gasteiger partial charge >= 0.3 is 0 Å². The lowest BCUT2D eigenvalue weighted by atomic mass is 10.2. The van der Waals surface area contributed by atoms with Crippen LogP contribution in [0.1, 0.15) is 5.56 Å². The van der Waals surface area contributed by atoms with Gasteiger partial charge in [-0.1, -0.05) is 46.3 Å². The number of hydrogen-bond acceptors (Lipinski definition) is 3. The molecule has 1 aliphatic rings. The average molecular weight is 380 g/mol. The zero-order valence-electron chi connectivity index (χ0n) is 12.2. The number of carbonyl (C=O) groups is 1. The molecule has 1 amide bonds. The summed E-state index contributed by atoms with van der Waals surface area (Å²) in [6.45, 7) is 0.706. The van der Waals surface area contributed by atoms with Crippen LogP contribution >= 0.6 is 15.9 Å². The summed E-state index contributed by atoms with van der Waals surface area (Å²) in [6, 6.07) is 14.1. The van der Waals surface area contributed by atoms with E-state index >= 15 is 0 Å². The molecule has 0 unspecified atom stereocenters. The van der Waals surface area contributed by atoms with Crippen LogP contribution in [0.15, 0.2) is 53.0 Å². The topological polar surface area (TPSA) is 47.6 Å². The predicted octanol–water partition coefficient (Wildman–Crippen LogP) is 3.05. The van der Waals surface area contributed by atoms with E-state index in [4.69, 9.17) is 9.47 Å². The van der Waals surface area contributed by atoms with Gasteiger partial charge in [-0.15, -0.1) is 0 Å². The number of hydrogen-bond donors (Lipinski definition) is 1. The molecule has 3 rings (SSSR count). The van der Waals surface area contributed by atoms with E-state index in [1.165, 1.54) is 12.1 Å². The van der Waals surface area contributed by atoms with Gasteiger partial charge in [-0.2, -0.15) is 0 Å². The van der Waals surface area contributed by atoms with Crippen molar-refractivity contribution < 1.29 is 18.7 Å². The van der Waals surface area contributed by atoms with Crippen molar-refractivity contribution in [1.29, 1.82) is 0 Å². The highest BCUT2D eigenvalue weighted by Crippen LogP contribution is 2.24. The Morgan fingerprint density at radius 3 is 2.74 bits per heavy atom. The van der Waals surface area contributed by atoms with Gasteiger partial charge < -0.3 is 14.8 Å². The number of halogens is 2. The second-order valence-corrected chi connectivity index (χ2v) is 6.11. The Kier molecular flexibility index (Phi) is 4.93. The van der Waals surface area contributed by atoms with E-state index in [9.17, 15) is 9.18 Å². The van der Waals surface area contributed by atoms with Crippen LogP contribution in [0.2, 0.25) is 0 Å². The molecule has 1 saturated heterocycles. The first-order valence-corrected chi connectivity index (χ1v) is 7.98. The van der Waals surface area contributed by atoms with Gasteiger partial charge in [0.05, 0.1) is 6.61 Å². The maximum atomic E-state index is 13.9. The van der Waals surface area contributed by atoms with Crippen LogP contribution in [0.3, 0.4) is 0 Å². The molecular formula is C17H15BrFNO3. The molecule has 23 heavy (non-hydrogen) atoms. The Balaban J connectivity index is 1.67. The van der Waals surface area contributed by atoms with Crippen LogP contribution in [0.5, 0.6) is 5.75 Å². The number of carbonyl (C=O) groups excluding carboxylic acids is 1. The molecular weight excluding hydrogens is 365 g/mol. The quantitative estimate of drug-likeness (QED) is 0.868. The van der Waals surface area contributed by atoms with Gasteiger partial charge in [0.2, 0.25) is 6.10 Å². The van der Waals surface area contributed by atoms with E-state index in [2.05, 4.69) is 21.2 Å². The highest BCUT2D eigenvalue weighted by atomic mass is 79.9. The third kappa shape index (κ3) is 3.89. The molecule has 1 N–H and O–H groups in total. The van der Waals surface area contributed by atoms with Gasteiger partial charge in [0.25, 0.3) is 5.91 Å². The Hall–Kier alpha value is -1.92. The van der Waals surface area contributed by atoms with Crippen LogP contribution in [-0.4, -0.2) is 24.7 Å². The van der Waals surface area contributed by atoms with E-state index in [0.29, 0.717) is 17.6 Å². The van der Waals surface area contributed by atoms with Gasteiger partial charge in [0, 0.05) is 11.0 Å². The highest BCUT2D eigenvalue weighted by molar-refractivity contribution is 9.10. The molecule has 0 aromatic heterocycles. The molecule has 2 aromatic rings. The molecule has 2 atom stereocenters. The van der Waals surface area contributed by atoms with Crippen molar-refractivity contribution in [3.63, 3.8) is 0 Å². The summed E-state index contributed by atoms with van der Waals surface area (Å²) in [6.07, 6.45) is -1.33. The van der Waals surface area contributed by atoms with Crippen LogP contribution in [0.4, 0.5) is 4.39 Å². The van der Waals surface area contributed by atoms with Gasteiger partial charge in [-0.25, -0.2) is 4.39 Å². The van der Waals surface area contributed by atoms with E-state index in [0.717, 1.165) is 5.56 Å². The van der Waals surface area contributed by atoms with Crippen molar-refractivity contribution in [3.8, 4) is 5.75 Å². The van der Waals surface area contributed by atoms with Crippen LogP contribution in [-0.2, 0) is 16.1 Å². The summed E-state index contributed by atoms with van der Waals surface area (Å²) in [4.78, 5) is 11.9. The van der Waals surface area contributed by atoms with E-state index in [-0.39, 0.29) is 11.7 Å². The molecule has 0 radical (unpaired) electrons. The zero-order valence-corrected chi connectivity index (χ0v) is 13.8. The molecule has 4 nitrogen and oxygen atoms in total. The lowest BCUT2D eigenvalue weighted by Crippen LogP contribution is -2.36. The first-order valence-electron chi connectivity index (χ1n) is 7.18. The summed E-state index contributed by atoms with van der Waals surface area (Å²) in [7, 11) is 0. The molecule has 0 aliphatic carbocycles. The summed E-state index contributed by atoms with van der Waals surface area (Å²) in [5.41, 5.74) is 1.00. The number of rotatable bonds is 5. The highest BCUT2D eigenvalue weighted by Gasteiger charge is 2.38. The Morgan fingerprint density at radius 1 is 1.22 bits per heavy atom. The summed E-state index contributed by atoms with van der Waals surface area (Å²) in [5, 5.41) is 2.69. The summed E-state index contributed by atoms with van der Waals surface area (Å²) < 4.78 is 25.8. The van der Waals surface area contributed by atoms with E-state index in [1.807, 2.05) is 30.3 Å². The smallest absolute Gasteiger partial charge is 0.264 e. The fraction of sp³-hybridized carbons (Fsp3) is 0.235. The zero-order chi connectivity index (χ0) is 16.2. The molecule has 0 bridgehead atoms. The largest absolute Gasteiger partial charge is 0.475 e. The molecule has 2 aromatic carbocycles. The molecule has 6 heteroatoms. The standard InChI is InChI=1S/C17H15BrFNO3/c18-12-6-7-14(13(19)8-12)23-16-15(9-20-17(16)21)22-10-11-4-2-1-3-5-11/h1-8,15-16H,9-10H2,(H,20,21)/t15-,16-/m0/s1. The third-order valence-electron chi connectivity index (χ3n) is 3.53. The van der Waals surface area contributed by atoms with Crippen molar-refractivity contribution >= 4 is 21.8 Å². The van der Waals surface area contributed by atoms with Crippen LogP contribution in [0, 0.1) is 5.82 Å². The van der Waals surface area contributed by atoms with Gasteiger partial charge in [0.1, 0.15) is 6.10 Å². The van der Waals surface area contributed by atoms with Crippen molar-refractivity contribution in [3.05, 3.63) is 64.4 Å². The van der Waals surface area contributed by atoms with Gasteiger partial charge in [0.15, 0.2) is 11.6 Å². The fourth-order valence-electron chi connectivity index (χ4n) is 2.34. The maximum Gasteiger partial charge on any atom is 0.264 e. The molecule has 0 saturated carbocycles. The van der Waals surface area contributed by atoms with Crippen molar-refractivity contribution in [1.82, 2.24) is 5.32 Å². The number of amides is 1. The van der Waals surface area contributed by atoms with E-state index < -0.39 is 18.0 Å². The normalized spacial score (nSPS) is 20.3. The fourth-order valence-corrected chi connectivity index (χ4v) is 2.67. The van der Waals surface area contributed by atoms with Crippen LogP contribution in [0.25, 0.3) is 0 Å². The number of ether oxygens (including phenoxy) is 2. The predicted molar refractivity (Wildman–Crippen MR) is 86.5 cm³/mol. The van der Waals surface area contributed by atoms with Gasteiger partial charge in [-0.3, -0.25) is 4.79 Å². The SMILES string of the molecule is O=C1NC[C@H](OCc2ccccc2)[C@@H]1Oc1ccc(Br)cc1F. The van der Waals surface area contributed by atoms with Gasteiger partial charge in [-0.05, 0) is 23.8 Å². The minimum atomic E-state index is -0.866. The van der Waals surface area contributed by atoms with Crippen molar-refractivity contribution in [2.45, 2.75) is 18.8 Å². The second-order valence-electron chi connectivity index (χ2n) is 5.19. The Bertz CT molecular complexity index is 695. The molecule has 120 valence electrons. The van der Waals surface area contributed by atoms with Crippen molar-refractivity contribution in [2.24, 2.45) is 0 Å². The Labute approximate surface area is 141 Å². The molecule has 1 heterocycles. The molecule has 0 spiro atoms. The average Bonchev–Trinajstić information content (AvgIpc) is 2.89.